The molecule has 80 valence electrons. The number of hydrogen-bond acceptors (Lipinski definition) is 3. The quantitative estimate of drug-likeness (QED) is 0.556. The minimum Gasteiger partial charge on any atom is -0.330 e. The molecular weight excluding hydrogens is 190 g/mol. The summed E-state index contributed by atoms with van der Waals surface area (Å²) in [4.78, 5) is 0. The topological polar surface area (TPSA) is 75.4 Å². The molecular formula is C7H19N3O2S. The fraction of sp³-hybridized carbons (Fsp3) is 1.00. The molecule has 0 aromatic rings. The summed E-state index contributed by atoms with van der Waals surface area (Å²) in [6, 6.07) is 0. The van der Waals surface area contributed by atoms with E-state index in [1.165, 1.54) is 4.31 Å². The van der Waals surface area contributed by atoms with Crippen molar-refractivity contribution in [3.05, 3.63) is 0 Å². The molecule has 0 unspecified atom stereocenters. The summed E-state index contributed by atoms with van der Waals surface area (Å²) in [5, 5.41) is 0. The van der Waals surface area contributed by atoms with Gasteiger partial charge in [-0.05, 0) is 13.0 Å². The summed E-state index contributed by atoms with van der Waals surface area (Å²) in [6.45, 7) is 5.52. The zero-order valence-corrected chi connectivity index (χ0v) is 9.10. The van der Waals surface area contributed by atoms with Crippen LogP contribution in [0.2, 0.25) is 0 Å². The van der Waals surface area contributed by atoms with Gasteiger partial charge in [-0.1, -0.05) is 13.8 Å². The molecule has 0 rings (SSSR count). The van der Waals surface area contributed by atoms with Crippen LogP contribution in [-0.4, -0.2) is 38.9 Å². The molecule has 0 saturated heterocycles. The van der Waals surface area contributed by atoms with Crippen molar-refractivity contribution >= 4 is 10.2 Å². The second-order valence-corrected chi connectivity index (χ2v) is 4.38. The molecule has 6 heteroatoms. The van der Waals surface area contributed by atoms with E-state index >= 15 is 0 Å². The van der Waals surface area contributed by atoms with Gasteiger partial charge >= 0.3 is 0 Å². The van der Waals surface area contributed by atoms with Crippen molar-refractivity contribution in [2.24, 2.45) is 5.73 Å². The lowest BCUT2D eigenvalue weighted by Crippen LogP contribution is -2.41. The largest absolute Gasteiger partial charge is 0.330 e. The Morgan fingerprint density at radius 3 is 2.23 bits per heavy atom. The molecule has 0 heterocycles. The van der Waals surface area contributed by atoms with Gasteiger partial charge in [-0.25, -0.2) is 4.72 Å². The van der Waals surface area contributed by atoms with Crippen LogP contribution in [0.3, 0.4) is 0 Å². The zero-order valence-electron chi connectivity index (χ0n) is 8.28. The average Bonchev–Trinajstić information content (AvgIpc) is 2.06. The van der Waals surface area contributed by atoms with Crippen molar-refractivity contribution in [2.45, 2.75) is 20.3 Å². The Labute approximate surface area is 80.5 Å². The van der Waals surface area contributed by atoms with Crippen molar-refractivity contribution in [3.8, 4) is 0 Å². The van der Waals surface area contributed by atoms with Crippen LogP contribution in [-0.2, 0) is 10.2 Å². The standard InChI is InChI=1S/C7H19N3O2S/c1-3-10(4-2)13(11,12)9-7-5-6-8/h9H,3-8H2,1-2H3. The Morgan fingerprint density at radius 1 is 1.31 bits per heavy atom. The third-order valence-electron chi connectivity index (χ3n) is 1.71. The Hall–Kier alpha value is -0.170. The molecule has 0 aromatic heterocycles. The highest BCUT2D eigenvalue weighted by atomic mass is 32.2. The molecule has 0 aliphatic carbocycles. The van der Waals surface area contributed by atoms with Gasteiger partial charge in [0.15, 0.2) is 0 Å². The van der Waals surface area contributed by atoms with E-state index in [4.69, 9.17) is 5.73 Å². The first-order valence-corrected chi connectivity index (χ1v) is 5.97. The maximum atomic E-state index is 11.4. The monoisotopic (exact) mass is 209 g/mol. The van der Waals surface area contributed by atoms with Crippen molar-refractivity contribution in [3.63, 3.8) is 0 Å². The van der Waals surface area contributed by atoms with Gasteiger partial charge in [0.2, 0.25) is 0 Å². The second kappa shape index (κ2) is 6.31. The van der Waals surface area contributed by atoms with Crippen LogP contribution in [0.1, 0.15) is 20.3 Å². The Kier molecular flexibility index (Phi) is 6.23. The predicted octanol–water partition coefficient (Wildman–Crippen LogP) is -0.489. The number of nitrogens with two attached hydrogens (primary N) is 1. The van der Waals surface area contributed by atoms with Crippen LogP contribution in [0.4, 0.5) is 0 Å². The lowest BCUT2D eigenvalue weighted by Gasteiger charge is -2.18. The number of rotatable bonds is 7. The average molecular weight is 209 g/mol. The van der Waals surface area contributed by atoms with Crippen LogP contribution in [0.5, 0.6) is 0 Å². The zero-order chi connectivity index (χ0) is 10.3. The van der Waals surface area contributed by atoms with E-state index in [0.29, 0.717) is 32.6 Å². The van der Waals surface area contributed by atoms with Crippen molar-refractivity contribution in [1.82, 2.24) is 9.03 Å². The second-order valence-electron chi connectivity index (χ2n) is 2.63. The summed E-state index contributed by atoms with van der Waals surface area (Å²) in [6.07, 6.45) is 0.667. The highest BCUT2D eigenvalue weighted by Crippen LogP contribution is 1.95. The highest BCUT2D eigenvalue weighted by molar-refractivity contribution is 7.87. The molecule has 0 aliphatic heterocycles. The van der Waals surface area contributed by atoms with E-state index in [0.717, 1.165) is 0 Å². The van der Waals surface area contributed by atoms with Crippen LogP contribution >= 0.6 is 0 Å². The molecule has 0 atom stereocenters. The van der Waals surface area contributed by atoms with Gasteiger partial charge in [-0.15, -0.1) is 0 Å². The van der Waals surface area contributed by atoms with Gasteiger partial charge in [0.25, 0.3) is 10.2 Å². The molecule has 0 amide bonds. The molecule has 0 radical (unpaired) electrons. The first-order valence-electron chi connectivity index (χ1n) is 4.53. The van der Waals surface area contributed by atoms with Crippen LogP contribution in [0.25, 0.3) is 0 Å². The van der Waals surface area contributed by atoms with Gasteiger partial charge in [-0.2, -0.15) is 12.7 Å². The van der Waals surface area contributed by atoms with E-state index in [9.17, 15) is 8.42 Å². The van der Waals surface area contributed by atoms with Gasteiger partial charge in [-0.3, -0.25) is 0 Å². The Morgan fingerprint density at radius 2 is 1.85 bits per heavy atom. The summed E-state index contributed by atoms with van der Waals surface area (Å²) in [5.74, 6) is 0. The first kappa shape index (κ1) is 12.8. The number of nitrogens with one attached hydrogen (secondary N) is 1. The molecule has 0 spiro atoms. The third-order valence-corrected chi connectivity index (χ3v) is 3.48. The molecule has 0 bridgehead atoms. The van der Waals surface area contributed by atoms with Crippen LogP contribution in [0.15, 0.2) is 0 Å². The third kappa shape index (κ3) is 4.56. The maximum absolute atomic E-state index is 11.4. The summed E-state index contributed by atoms with van der Waals surface area (Å²) < 4.78 is 26.7. The van der Waals surface area contributed by atoms with E-state index < -0.39 is 10.2 Å². The molecule has 0 saturated carbocycles. The molecule has 0 aromatic carbocycles. The van der Waals surface area contributed by atoms with Gasteiger partial charge < -0.3 is 5.73 Å². The van der Waals surface area contributed by atoms with Crippen LogP contribution in [0, 0.1) is 0 Å². The van der Waals surface area contributed by atoms with Crippen molar-refractivity contribution < 1.29 is 8.42 Å². The van der Waals surface area contributed by atoms with Crippen LogP contribution < -0.4 is 10.5 Å². The lowest BCUT2D eigenvalue weighted by atomic mass is 10.4. The minimum absolute atomic E-state index is 0.412. The molecule has 0 aliphatic rings. The fourth-order valence-corrected chi connectivity index (χ4v) is 2.22. The van der Waals surface area contributed by atoms with Crippen molar-refractivity contribution in [2.75, 3.05) is 26.2 Å². The van der Waals surface area contributed by atoms with Gasteiger partial charge in [0, 0.05) is 19.6 Å². The highest BCUT2D eigenvalue weighted by Gasteiger charge is 2.16. The van der Waals surface area contributed by atoms with Gasteiger partial charge in [0.05, 0.1) is 0 Å². The number of nitrogens with zero attached hydrogens (tertiary/aromatic N) is 1. The fourth-order valence-electron chi connectivity index (χ4n) is 0.958. The number of hydrogen-bond donors (Lipinski definition) is 2. The summed E-state index contributed by atoms with van der Waals surface area (Å²) in [5.41, 5.74) is 5.25. The predicted molar refractivity (Wildman–Crippen MR) is 53.5 cm³/mol. The van der Waals surface area contributed by atoms with Crippen molar-refractivity contribution in [1.29, 1.82) is 0 Å². The first-order chi connectivity index (χ1) is 6.08. The van der Waals surface area contributed by atoms with E-state index in [1.807, 2.05) is 13.8 Å². The molecule has 0 fully saturated rings. The minimum atomic E-state index is -3.27. The Bertz CT molecular complexity index is 212. The maximum Gasteiger partial charge on any atom is 0.279 e. The van der Waals surface area contributed by atoms with E-state index in [-0.39, 0.29) is 0 Å². The molecule has 3 N–H and O–H groups in total. The molecule has 5 nitrogen and oxygen atoms in total. The smallest absolute Gasteiger partial charge is 0.279 e. The summed E-state index contributed by atoms with van der Waals surface area (Å²) in [7, 11) is -3.27. The SMILES string of the molecule is CCN(CC)S(=O)(=O)NCCCN. The summed E-state index contributed by atoms with van der Waals surface area (Å²) >= 11 is 0. The van der Waals surface area contributed by atoms with E-state index in [1.54, 1.807) is 0 Å². The Balaban J connectivity index is 4.05. The normalized spacial score (nSPS) is 12.3. The molecule has 13 heavy (non-hydrogen) atoms. The van der Waals surface area contributed by atoms with Gasteiger partial charge in [0.1, 0.15) is 0 Å². The van der Waals surface area contributed by atoms with E-state index in [2.05, 4.69) is 4.72 Å². The lowest BCUT2D eigenvalue weighted by molar-refractivity contribution is 0.434.